The number of hydrogen-bond donors (Lipinski definition) is 0. The van der Waals surface area contributed by atoms with Gasteiger partial charge in [0.25, 0.3) is 0 Å². The van der Waals surface area contributed by atoms with E-state index in [0.29, 0.717) is 22.2 Å². The van der Waals surface area contributed by atoms with Crippen LogP contribution in [0.25, 0.3) is 27.8 Å². The second-order valence-corrected chi connectivity index (χ2v) is 6.62. The number of fused-ring (bicyclic) bond motifs is 1. The number of rotatable bonds is 3. The van der Waals surface area contributed by atoms with Crippen molar-refractivity contribution in [3.63, 3.8) is 0 Å². The molecule has 0 atom stereocenters. The van der Waals surface area contributed by atoms with E-state index in [-0.39, 0.29) is 35.1 Å². The van der Waals surface area contributed by atoms with Gasteiger partial charge in [0.15, 0.2) is 0 Å². The van der Waals surface area contributed by atoms with E-state index in [4.69, 9.17) is 0 Å². The van der Waals surface area contributed by atoms with Crippen LogP contribution in [0.4, 0.5) is 13.2 Å². The van der Waals surface area contributed by atoms with E-state index in [1.54, 1.807) is 10.7 Å². The predicted octanol–water partition coefficient (Wildman–Crippen LogP) is 1.14. The fourth-order valence-corrected chi connectivity index (χ4v) is 3.46. The molecule has 0 saturated heterocycles. The van der Waals surface area contributed by atoms with Crippen LogP contribution in [0.2, 0.25) is 0 Å². The molecular weight excluding hydrogens is 400 g/mol. The molecule has 136 valence electrons. The van der Waals surface area contributed by atoms with Crippen LogP contribution < -0.4 is 34.7 Å². The third kappa shape index (κ3) is 3.73. The van der Waals surface area contributed by atoms with Gasteiger partial charge in [0.1, 0.15) is 5.69 Å². The minimum absolute atomic E-state index is 0. The van der Waals surface area contributed by atoms with Gasteiger partial charge < -0.3 is 9.90 Å². The maximum Gasteiger partial charge on any atom is 1.00 e. The Morgan fingerprint density at radius 3 is 2.36 bits per heavy atom. The van der Waals surface area contributed by atoms with Crippen LogP contribution in [0.15, 0.2) is 59.3 Å². The first kappa shape index (κ1) is 20.6. The Balaban J connectivity index is 0.00000225. The molecule has 0 bridgehead atoms. The summed E-state index contributed by atoms with van der Waals surface area (Å²) in [5.74, 6) is -1.31. The molecule has 0 aliphatic heterocycles. The molecule has 0 N–H and O–H groups in total. The number of halogens is 3. The van der Waals surface area contributed by atoms with E-state index < -0.39 is 17.7 Å². The Kier molecular flexibility index (Phi) is 5.67. The van der Waals surface area contributed by atoms with Crippen molar-refractivity contribution in [3.05, 3.63) is 70.4 Å². The molecule has 0 saturated carbocycles. The first-order valence-electron chi connectivity index (χ1n) is 7.79. The number of carbonyl (C=O) groups excluding carboxylic acids is 1. The van der Waals surface area contributed by atoms with E-state index in [1.807, 2.05) is 16.8 Å². The molecule has 0 spiro atoms. The third-order valence-corrected chi connectivity index (χ3v) is 4.82. The van der Waals surface area contributed by atoms with Crippen LogP contribution in [0.1, 0.15) is 15.9 Å². The van der Waals surface area contributed by atoms with E-state index in [0.717, 1.165) is 17.8 Å². The van der Waals surface area contributed by atoms with Crippen molar-refractivity contribution in [1.29, 1.82) is 0 Å². The quantitative estimate of drug-likeness (QED) is 0.476. The molecule has 0 radical (unpaired) electrons. The Morgan fingerprint density at radius 1 is 1.07 bits per heavy atom. The summed E-state index contributed by atoms with van der Waals surface area (Å²) in [7, 11) is 0. The van der Waals surface area contributed by atoms with Gasteiger partial charge in [0.05, 0.1) is 22.7 Å². The zero-order valence-corrected chi connectivity index (χ0v) is 17.3. The molecule has 0 aliphatic rings. The normalized spacial score (nSPS) is 11.4. The van der Waals surface area contributed by atoms with Gasteiger partial charge in [-0.25, -0.2) is 4.68 Å². The molecule has 0 amide bonds. The van der Waals surface area contributed by atoms with E-state index in [2.05, 4.69) is 5.10 Å². The zero-order chi connectivity index (χ0) is 19.2. The van der Waals surface area contributed by atoms with Crippen molar-refractivity contribution < 1.29 is 52.6 Å². The standard InChI is InChI=1S/C19H11F3N2O2S.Na/c20-19(21,22)13-4-1-11(2-5-13)17-15-6-3-12(18(25)26)9-16(15)24(23-17)14-7-8-27-10-14;/h1-10H,(H,25,26);/q;+1/p-1. The Morgan fingerprint density at radius 2 is 1.79 bits per heavy atom. The third-order valence-electron chi connectivity index (χ3n) is 4.15. The van der Waals surface area contributed by atoms with Crippen LogP contribution in [0.3, 0.4) is 0 Å². The van der Waals surface area contributed by atoms with Gasteiger partial charge in [0.2, 0.25) is 0 Å². The molecule has 9 heteroatoms. The van der Waals surface area contributed by atoms with Crippen LogP contribution in [-0.4, -0.2) is 15.7 Å². The van der Waals surface area contributed by atoms with Crippen LogP contribution >= 0.6 is 11.3 Å². The summed E-state index contributed by atoms with van der Waals surface area (Å²) in [6.45, 7) is 0. The van der Waals surface area contributed by atoms with E-state index in [9.17, 15) is 23.1 Å². The van der Waals surface area contributed by atoms with Gasteiger partial charge in [-0.2, -0.15) is 29.6 Å². The number of carboxylic acids is 1. The Hall–Kier alpha value is -2.13. The molecule has 4 rings (SSSR count). The fourth-order valence-electron chi connectivity index (χ4n) is 2.85. The number of carboxylic acid groups (broad SMARTS) is 1. The summed E-state index contributed by atoms with van der Waals surface area (Å²) in [5, 5.41) is 20.1. The van der Waals surface area contributed by atoms with Crippen molar-refractivity contribution in [2.75, 3.05) is 0 Å². The molecule has 0 fully saturated rings. The molecule has 0 aliphatic carbocycles. The van der Waals surface area contributed by atoms with Crippen LogP contribution in [0.5, 0.6) is 0 Å². The summed E-state index contributed by atoms with van der Waals surface area (Å²) in [5.41, 5.74) is 1.49. The second-order valence-electron chi connectivity index (χ2n) is 5.84. The van der Waals surface area contributed by atoms with Gasteiger partial charge >= 0.3 is 35.7 Å². The molecule has 0 unspecified atom stereocenters. The summed E-state index contributed by atoms with van der Waals surface area (Å²) in [6.07, 6.45) is -4.42. The average molecular weight is 410 g/mol. The Labute approximate surface area is 183 Å². The summed E-state index contributed by atoms with van der Waals surface area (Å²) >= 11 is 1.45. The van der Waals surface area contributed by atoms with Crippen molar-refractivity contribution in [2.45, 2.75) is 6.18 Å². The topological polar surface area (TPSA) is 57.9 Å². The first-order chi connectivity index (χ1) is 12.8. The average Bonchev–Trinajstić information content (AvgIpc) is 3.28. The van der Waals surface area contributed by atoms with Crippen molar-refractivity contribution >= 4 is 28.2 Å². The number of carbonyl (C=O) groups is 1. The van der Waals surface area contributed by atoms with Gasteiger partial charge in [-0.15, -0.1) is 0 Å². The largest absolute Gasteiger partial charge is 1.00 e. The smallest absolute Gasteiger partial charge is 0.545 e. The monoisotopic (exact) mass is 410 g/mol. The number of thiophene rings is 1. The van der Waals surface area contributed by atoms with E-state index in [1.165, 1.54) is 35.6 Å². The maximum atomic E-state index is 12.8. The van der Waals surface area contributed by atoms with Crippen molar-refractivity contribution in [1.82, 2.24) is 9.78 Å². The predicted molar refractivity (Wildman–Crippen MR) is 93.7 cm³/mol. The SMILES string of the molecule is O=C([O-])c1ccc2c(-c3ccc(C(F)(F)F)cc3)nn(-c3ccsc3)c2c1.[Na+]. The maximum absolute atomic E-state index is 12.8. The van der Waals surface area contributed by atoms with Crippen molar-refractivity contribution in [2.24, 2.45) is 0 Å². The Bertz CT molecular complexity index is 1140. The molecule has 4 aromatic rings. The summed E-state index contributed by atoms with van der Waals surface area (Å²) < 4.78 is 40.0. The number of nitrogens with zero attached hydrogens (tertiary/aromatic N) is 2. The summed E-state index contributed by atoms with van der Waals surface area (Å²) in [6, 6.07) is 11.0. The van der Waals surface area contributed by atoms with Gasteiger partial charge in [0, 0.05) is 16.3 Å². The first-order valence-corrected chi connectivity index (χ1v) is 8.73. The van der Waals surface area contributed by atoms with Gasteiger partial charge in [-0.1, -0.05) is 18.2 Å². The van der Waals surface area contributed by atoms with E-state index >= 15 is 0 Å². The van der Waals surface area contributed by atoms with Crippen LogP contribution in [-0.2, 0) is 6.18 Å². The second kappa shape index (κ2) is 7.71. The molecule has 28 heavy (non-hydrogen) atoms. The zero-order valence-electron chi connectivity index (χ0n) is 14.5. The number of aromatic carboxylic acids is 1. The van der Waals surface area contributed by atoms with Gasteiger partial charge in [-0.05, 0) is 41.3 Å². The molecule has 2 aromatic heterocycles. The molecule has 2 heterocycles. The molecule has 2 aromatic carbocycles. The number of hydrogen-bond acceptors (Lipinski definition) is 4. The molecular formula is C19H10F3N2NaO2S. The number of aromatic nitrogens is 2. The fraction of sp³-hybridized carbons (Fsp3) is 0.0526. The number of alkyl halides is 3. The van der Waals surface area contributed by atoms with Crippen molar-refractivity contribution in [3.8, 4) is 16.9 Å². The minimum atomic E-state index is -4.42. The summed E-state index contributed by atoms with van der Waals surface area (Å²) in [4.78, 5) is 11.2. The van der Waals surface area contributed by atoms with Crippen LogP contribution in [0, 0.1) is 0 Å². The minimum Gasteiger partial charge on any atom is -0.545 e. The number of benzene rings is 2. The van der Waals surface area contributed by atoms with Gasteiger partial charge in [-0.3, -0.25) is 0 Å². The molecule has 4 nitrogen and oxygen atoms in total.